The van der Waals surface area contributed by atoms with Crippen LogP contribution in [0.2, 0.25) is 0 Å². The zero-order valence-electron chi connectivity index (χ0n) is 9.99. The first-order valence-electron chi connectivity index (χ1n) is 5.79. The molecule has 3 nitrogen and oxygen atoms in total. The summed E-state index contributed by atoms with van der Waals surface area (Å²) in [6.45, 7) is 4.33. The second kappa shape index (κ2) is 5.52. The van der Waals surface area contributed by atoms with Gasteiger partial charge >= 0.3 is 0 Å². The summed E-state index contributed by atoms with van der Waals surface area (Å²) in [5.41, 5.74) is 2.30. The Morgan fingerprint density at radius 2 is 2.00 bits per heavy atom. The lowest BCUT2D eigenvalue weighted by atomic mass is 10.1. The Hall–Kier alpha value is -1.05. The topological polar surface area (TPSA) is 30.3 Å². The molecule has 1 heterocycles. The Morgan fingerprint density at radius 1 is 1.29 bits per heavy atom. The minimum absolute atomic E-state index is 0.474. The van der Waals surface area contributed by atoms with Gasteiger partial charge in [-0.15, -0.1) is 0 Å². The smallest absolute Gasteiger partial charge is 0.0669 e. The molecule has 0 spiro atoms. The quantitative estimate of drug-likeness (QED) is 0.838. The Bertz CT molecular complexity index is 431. The van der Waals surface area contributed by atoms with Crippen LogP contribution in [0.3, 0.4) is 0 Å². The second-order valence-electron chi connectivity index (χ2n) is 4.41. The van der Waals surface area contributed by atoms with Crippen LogP contribution in [0.1, 0.15) is 5.56 Å². The Morgan fingerprint density at radius 3 is 2.59 bits per heavy atom. The number of halogens is 1. The van der Waals surface area contributed by atoms with E-state index in [1.807, 2.05) is 6.07 Å². The lowest BCUT2D eigenvalue weighted by Crippen LogP contribution is -2.44. The van der Waals surface area contributed by atoms with Gasteiger partial charge in [-0.2, -0.15) is 5.26 Å². The fraction of sp³-hybridized carbons (Fsp3) is 0.462. The van der Waals surface area contributed by atoms with Crippen LogP contribution in [0, 0.1) is 11.3 Å². The van der Waals surface area contributed by atoms with Gasteiger partial charge in [0.2, 0.25) is 0 Å². The molecular formula is C13H16BrN3. The molecule has 0 N–H and O–H groups in total. The fourth-order valence-electron chi connectivity index (χ4n) is 2.06. The average Bonchev–Trinajstić information content (AvgIpc) is 2.31. The van der Waals surface area contributed by atoms with Gasteiger partial charge in [0, 0.05) is 30.7 Å². The molecule has 0 atom stereocenters. The van der Waals surface area contributed by atoms with Crippen molar-refractivity contribution < 1.29 is 0 Å². The first-order chi connectivity index (χ1) is 8.20. The van der Waals surface area contributed by atoms with E-state index in [4.69, 9.17) is 5.26 Å². The maximum absolute atomic E-state index is 8.68. The number of rotatable bonds is 2. The summed E-state index contributed by atoms with van der Waals surface area (Å²) in [7, 11) is 2.16. The van der Waals surface area contributed by atoms with Crippen LogP contribution in [0.25, 0.3) is 0 Å². The molecule has 0 amide bonds. The highest BCUT2D eigenvalue weighted by Crippen LogP contribution is 2.28. The van der Waals surface area contributed by atoms with E-state index in [1.165, 1.54) is 5.69 Å². The van der Waals surface area contributed by atoms with Crippen molar-refractivity contribution in [2.75, 3.05) is 38.1 Å². The fourth-order valence-corrected chi connectivity index (χ4v) is 2.73. The molecule has 0 bridgehead atoms. The van der Waals surface area contributed by atoms with Crippen molar-refractivity contribution in [3.05, 3.63) is 28.2 Å². The molecule has 0 saturated carbocycles. The van der Waals surface area contributed by atoms with E-state index in [1.54, 1.807) is 0 Å². The van der Waals surface area contributed by atoms with Crippen LogP contribution in [0.5, 0.6) is 0 Å². The number of piperazine rings is 1. The van der Waals surface area contributed by atoms with E-state index < -0.39 is 0 Å². The van der Waals surface area contributed by atoms with Crippen molar-refractivity contribution in [3.63, 3.8) is 0 Å². The molecule has 4 heteroatoms. The Balaban J connectivity index is 2.14. The van der Waals surface area contributed by atoms with E-state index in [2.05, 4.69) is 51.0 Å². The van der Waals surface area contributed by atoms with E-state index in [0.29, 0.717) is 6.42 Å². The van der Waals surface area contributed by atoms with Crippen molar-refractivity contribution in [2.24, 2.45) is 0 Å². The number of hydrogen-bond donors (Lipinski definition) is 0. The summed E-state index contributed by atoms with van der Waals surface area (Å²) in [4.78, 5) is 4.73. The molecule has 0 radical (unpaired) electrons. The van der Waals surface area contributed by atoms with Gasteiger partial charge in [-0.3, -0.25) is 0 Å². The maximum Gasteiger partial charge on any atom is 0.0669 e. The number of anilines is 1. The molecule has 1 fully saturated rings. The molecule has 0 unspecified atom stereocenters. The summed E-state index contributed by atoms with van der Waals surface area (Å²) in [6, 6.07) is 8.38. The number of nitrogens with zero attached hydrogens (tertiary/aromatic N) is 3. The average molecular weight is 294 g/mol. The minimum Gasteiger partial charge on any atom is -0.368 e. The number of benzene rings is 1. The van der Waals surface area contributed by atoms with Crippen molar-refractivity contribution in [1.82, 2.24) is 4.90 Å². The lowest BCUT2D eigenvalue weighted by Gasteiger charge is -2.34. The van der Waals surface area contributed by atoms with Crippen LogP contribution in [-0.2, 0) is 6.42 Å². The summed E-state index contributed by atoms with van der Waals surface area (Å²) in [6.07, 6.45) is 0.474. The highest BCUT2D eigenvalue weighted by atomic mass is 79.9. The van der Waals surface area contributed by atoms with Crippen molar-refractivity contribution >= 4 is 21.6 Å². The molecule has 90 valence electrons. The molecule has 0 aliphatic carbocycles. The zero-order chi connectivity index (χ0) is 12.3. The van der Waals surface area contributed by atoms with E-state index in [0.717, 1.165) is 36.2 Å². The van der Waals surface area contributed by atoms with Crippen molar-refractivity contribution in [1.29, 1.82) is 5.26 Å². The Labute approximate surface area is 111 Å². The summed E-state index contributed by atoms with van der Waals surface area (Å²) in [5.74, 6) is 0. The zero-order valence-corrected chi connectivity index (χ0v) is 11.6. The first kappa shape index (κ1) is 12.4. The third-order valence-corrected chi connectivity index (χ3v) is 3.77. The predicted octanol–water partition coefficient (Wildman–Crippen LogP) is 2.27. The number of likely N-dealkylation sites (N-methyl/N-ethyl adjacent to an activating group) is 1. The van der Waals surface area contributed by atoms with Gasteiger partial charge in [0.15, 0.2) is 0 Å². The normalized spacial score (nSPS) is 16.9. The highest BCUT2D eigenvalue weighted by molar-refractivity contribution is 9.10. The minimum atomic E-state index is 0.474. The molecule has 1 aliphatic rings. The number of hydrogen-bond acceptors (Lipinski definition) is 3. The number of nitriles is 1. The highest BCUT2D eigenvalue weighted by Gasteiger charge is 2.16. The van der Waals surface area contributed by atoms with E-state index >= 15 is 0 Å². The largest absolute Gasteiger partial charge is 0.368 e. The van der Waals surface area contributed by atoms with Crippen LogP contribution in [0.4, 0.5) is 5.69 Å². The summed E-state index contributed by atoms with van der Waals surface area (Å²) >= 11 is 3.60. The predicted molar refractivity (Wildman–Crippen MR) is 73.2 cm³/mol. The summed E-state index contributed by atoms with van der Waals surface area (Å²) < 4.78 is 1.09. The summed E-state index contributed by atoms with van der Waals surface area (Å²) in [5, 5.41) is 8.68. The second-order valence-corrected chi connectivity index (χ2v) is 5.27. The molecule has 1 aromatic rings. The third kappa shape index (κ3) is 2.99. The molecule has 1 saturated heterocycles. The molecule has 2 rings (SSSR count). The van der Waals surface area contributed by atoms with Gasteiger partial charge in [0.05, 0.1) is 18.2 Å². The van der Waals surface area contributed by atoms with E-state index in [-0.39, 0.29) is 0 Å². The van der Waals surface area contributed by atoms with E-state index in [9.17, 15) is 0 Å². The molecule has 1 aliphatic heterocycles. The van der Waals surface area contributed by atoms with Crippen LogP contribution in [-0.4, -0.2) is 38.1 Å². The molecular weight excluding hydrogens is 278 g/mol. The van der Waals surface area contributed by atoms with Gasteiger partial charge in [0.1, 0.15) is 0 Å². The molecule has 17 heavy (non-hydrogen) atoms. The van der Waals surface area contributed by atoms with Crippen LogP contribution in [0.15, 0.2) is 22.7 Å². The molecule has 1 aromatic carbocycles. The van der Waals surface area contributed by atoms with Crippen LogP contribution < -0.4 is 4.90 Å². The van der Waals surface area contributed by atoms with Gasteiger partial charge in [-0.1, -0.05) is 6.07 Å². The SMILES string of the molecule is CN1CCN(c2ccc(CC#N)cc2Br)CC1. The van der Waals surface area contributed by atoms with Gasteiger partial charge in [0.25, 0.3) is 0 Å². The van der Waals surface area contributed by atoms with Gasteiger partial charge in [-0.05, 0) is 40.7 Å². The first-order valence-corrected chi connectivity index (χ1v) is 6.59. The maximum atomic E-state index is 8.68. The third-order valence-electron chi connectivity index (χ3n) is 3.14. The van der Waals surface area contributed by atoms with Crippen LogP contribution >= 0.6 is 15.9 Å². The van der Waals surface area contributed by atoms with Gasteiger partial charge < -0.3 is 9.80 Å². The lowest BCUT2D eigenvalue weighted by molar-refractivity contribution is 0.312. The monoisotopic (exact) mass is 293 g/mol. The molecule has 0 aromatic heterocycles. The van der Waals surface area contributed by atoms with Crippen molar-refractivity contribution in [3.8, 4) is 6.07 Å². The Kier molecular flexibility index (Phi) is 4.03. The van der Waals surface area contributed by atoms with Gasteiger partial charge in [-0.25, -0.2) is 0 Å². The standard InChI is InChI=1S/C13H16BrN3/c1-16-6-8-17(9-7-16)13-3-2-11(4-5-15)10-12(13)14/h2-3,10H,4,6-9H2,1H3. The van der Waals surface area contributed by atoms with Crippen molar-refractivity contribution in [2.45, 2.75) is 6.42 Å².